The van der Waals surface area contributed by atoms with E-state index in [9.17, 15) is 26.3 Å². The Bertz CT molecular complexity index is 394. The van der Waals surface area contributed by atoms with Gasteiger partial charge < -0.3 is 5.32 Å². The number of alkyl halides is 6. The summed E-state index contributed by atoms with van der Waals surface area (Å²) in [5.41, 5.74) is -2.65. The highest BCUT2D eigenvalue weighted by molar-refractivity contribution is 5.85. The molecular formula is C11H12ClF6N. The van der Waals surface area contributed by atoms with Crippen molar-refractivity contribution in [3.63, 3.8) is 0 Å². The molecule has 0 bridgehead atoms. The van der Waals surface area contributed by atoms with E-state index in [1.165, 1.54) is 14.0 Å². The number of hydrogen-bond donors (Lipinski definition) is 1. The third kappa shape index (κ3) is 4.58. The van der Waals surface area contributed by atoms with Crippen LogP contribution >= 0.6 is 12.4 Å². The molecule has 8 heteroatoms. The van der Waals surface area contributed by atoms with Gasteiger partial charge in [-0.25, -0.2) is 0 Å². The molecule has 0 aromatic heterocycles. The van der Waals surface area contributed by atoms with E-state index in [2.05, 4.69) is 5.32 Å². The molecule has 0 amide bonds. The molecule has 0 fully saturated rings. The summed E-state index contributed by atoms with van der Waals surface area (Å²) in [7, 11) is 1.46. The lowest BCUT2D eigenvalue weighted by atomic mass is 10.0. The van der Waals surface area contributed by atoms with Crippen LogP contribution < -0.4 is 5.32 Å². The lowest BCUT2D eigenvalue weighted by molar-refractivity contribution is -0.143. The van der Waals surface area contributed by atoms with Crippen LogP contribution in [-0.4, -0.2) is 7.05 Å². The molecule has 1 atom stereocenters. The fourth-order valence-electron chi connectivity index (χ4n) is 1.40. The number of hydrogen-bond acceptors (Lipinski definition) is 1. The number of benzene rings is 1. The van der Waals surface area contributed by atoms with E-state index in [1.807, 2.05) is 0 Å². The Morgan fingerprint density at radius 2 is 1.26 bits per heavy atom. The number of halogens is 7. The summed E-state index contributed by atoms with van der Waals surface area (Å²) in [5.74, 6) is 0. The van der Waals surface area contributed by atoms with Crippen molar-refractivity contribution in [2.75, 3.05) is 7.05 Å². The van der Waals surface area contributed by atoms with Gasteiger partial charge in [0, 0.05) is 6.04 Å². The molecular weight excluding hydrogens is 296 g/mol. The van der Waals surface area contributed by atoms with E-state index >= 15 is 0 Å². The molecule has 110 valence electrons. The van der Waals surface area contributed by atoms with Gasteiger partial charge in [0.2, 0.25) is 0 Å². The van der Waals surface area contributed by atoms with Gasteiger partial charge in [-0.3, -0.25) is 0 Å². The SMILES string of the molecule is CN[C@H](C)c1cc(C(F)(F)F)cc(C(F)(F)F)c1.Cl. The standard InChI is InChI=1S/C11H11F6N.ClH/c1-6(18-2)7-3-8(10(12,13)14)5-9(4-7)11(15,16)17;/h3-6,18H,1-2H3;1H/t6-;/m1./s1. The highest BCUT2D eigenvalue weighted by atomic mass is 35.5. The highest BCUT2D eigenvalue weighted by Gasteiger charge is 2.37. The smallest absolute Gasteiger partial charge is 0.313 e. The summed E-state index contributed by atoms with van der Waals surface area (Å²) in [5, 5.41) is 2.60. The van der Waals surface area contributed by atoms with Crippen molar-refractivity contribution in [2.24, 2.45) is 0 Å². The van der Waals surface area contributed by atoms with Gasteiger partial charge in [-0.1, -0.05) is 0 Å². The molecule has 0 radical (unpaired) electrons. The van der Waals surface area contributed by atoms with Gasteiger partial charge in [0.1, 0.15) is 0 Å². The maximum absolute atomic E-state index is 12.5. The minimum absolute atomic E-state index is 0. The quantitative estimate of drug-likeness (QED) is 0.797. The van der Waals surface area contributed by atoms with Crippen molar-refractivity contribution in [2.45, 2.75) is 25.3 Å². The summed E-state index contributed by atoms with van der Waals surface area (Å²) in [4.78, 5) is 0. The highest BCUT2D eigenvalue weighted by Crippen LogP contribution is 2.37. The molecule has 0 saturated carbocycles. The van der Waals surface area contributed by atoms with Gasteiger partial charge in [0.25, 0.3) is 0 Å². The van der Waals surface area contributed by atoms with Crippen molar-refractivity contribution >= 4 is 12.4 Å². The molecule has 0 unspecified atom stereocenters. The molecule has 0 aliphatic rings. The third-order valence-electron chi connectivity index (χ3n) is 2.54. The van der Waals surface area contributed by atoms with Gasteiger partial charge in [-0.15, -0.1) is 12.4 Å². The van der Waals surface area contributed by atoms with Crippen molar-refractivity contribution in [1.29, 1.82) is 0 Å². The van der Waals surface area contributed by atoms with E-state index < -0.39 is 29.5 Å². The van der Waals surface area contributed by atoms with Gasteiger partial charge in [-0.2, -0.15) is 26.3 Å². The first-order chi connectivity index (χ1) is 8.05. The average molecular weight is 308 g/mol. The van der Waals surface area contributed by atoms with Crippen LogP contribution in [0.5, 0.6) is 0 Å². The Morgan fingerprint density at radius 3 is 1.53 bits per heavy atom. The fourth-order valence-corrected chi connectivity index (χ4v) is 1.40. The van der Waals surface area contributed by atoms with Crippen LogP contribution in [0, 0.1) is 0 Å². The summed E-state index contributed by atoms with van der Waals surface area (Å²) < 4.78 is 75.1. The molecule has 1 rings (SSSR count). The number of nitrogens with one attached hydrogen (secondary N) is 1. The van der Waals surface area contributed by atoms with Gasteiger partial charge in [0.15, 0.2) is 0 Å². The Hall–Kier alpha value is -0.950. The minimum Gasteiger partial charge on any atom is -0.313 e. The normalized spacial score (nSPS) is 13.9. The molecule has 1 nitrogen and oxygen atoms in total. The zero-order valence-electron chi connectivity index (χ0n) is 9.99. The largest absolute Gasteiger partial charge is 0.416 e. The van der Waals surface area contributed by atoms with Crippen LogP contribution in [0.2, 0.25) is 0 Å². The monoisotopic (exact) mass is 307 g/mol. The molecule has 0 aliphatic carbocycles. The first-order valence-corrected chi connectivity index (χ1v) is 5.02. The maximum Gasteiger partial charge on any atom is 0.416 e. The minimum atomic E-state index is -4.80. The molecule has 0 aliphatic heterocycles. The number of rotatable bonds is 2. The molecule has 1 aromatic carbocycles. The second-order valence-electron chi connectivity index (χ2n) is 3.85. The Morgan fingerprint density at radius 1 is 0.895 bits per heavy atom. The average Bonchev–Trinajstić information content (AvgIpc) is 2.25. The summed E-state index contributed by atoms with van der Waals surface area (Å²) >= 11 is 0. The summed E-state index contributed by atoms with van der Waals surface area (Å²) in [6.45, 7) is 1.48. The summed E-state index contributed by atoms with van der Waals surface area (Å²) in [6, 6.07) is 0.951. The second-order valence-corrected chi connectivity index (χ2v) is 3.85. The Balaban J connectivity index is 0.00000324. The van der Waals surface area contributed by atoms with E-state index in [0.29, 0.717) is 0 Å². The Labute approximate surface area is 112 Å². The fraction of sp³-hybridized carbons (Fsp3) is 0.455. The zero-order valence-corrected chi connectivity index (χ0v) is 10.8. The van der Waals surface area contributed by atoms with E-state index in [0.717, 1.165) is 12.1 Å². The van der Waals surface area contributed by atoms with E-state index in [-0.39, 0.29) is 24.0 Å². The van der Waals surface area contributed by atoms with Crippen LogP contribution in [0.1, 0.15) is 29.7 Å². The first-order valence-electron chi connectivity index (χ1n) is 5.02. The van der Waals surface area contributed by atoms with Crippen LogP contribution in [-0.2, 0) is 12.4 Å². The van der Waals surface area contributed by atoms with Crippen molar-refractivity contribution in [3.8, 4) is 0 Å². The molecule has 0 saturated heterocycles. The predicted octanol–water partition coefficient (Wildman–Crippen LogP) is 4.43. The summed E-state index contributed by atoms with van der Waals surface area (Å²) in [6.07, 6.45) is -9.60. The molecule has 0 heterocycles. The van der Waals surface area contributed by atoms with Crippen LogP contribution in [0.25, 0.3) is 0 Å². The van der Waals surface area contributed by atoms with Crippen LogP contribution in [0.4, 0.5) is 26.3 Å². The van der Waals surface area contributed by atoms with E-state index in [4.69, 9.17) is 0 Å². The second kappa shape index (κ2) is 6.00. The molecule has 1 N–H and O–H groups in total. The van der Waals surface area contributed by atoms with Gasteiger partial charge >= 0.3 is 12.4 Å². The van der Waals surface area contributed by atoms with Gasteiger partial charge in [-0.05, 0) is 37.7 Å². The predicted molar refractivity (Wildman–Crippen MR) is 61.2 cm³/mol. The van der Waals surface area contributed by atoms with Crippen molar-refractivity contribution in [3.05, 3.63) is 34.9 Å². The van der Waals surface area contributed by atoms with Crippen LogP contribution in [0.3, 0.4) is 0 Å². The van der Waals surface area contributed by atoms with E-state index in [1.54, 1.807) is 0 Å². The van der Waals surface area contributed by atoms with Crippen molar-refractivity contribution in [1.82, 2.24) is 5.32 Å². The molecule has 1 aromatic rings. The Kier molecular flexibility index (Phi) is 5.70. The molecule has 19 heavy (non-hydrogen) atoms. The third-order valence-corrected chi connectivity index (χ3v) is 2.54. The molecule has 0 spiro atoms. The first kappa shape index (κ1) is 18.0. The maximum atomic E-state index is 12.5. The van der Waals surface area contributed by atoms with Crippen molar-refractivity contribution < 1.29 is 26.3 Å². The lowest BCUT2D eigenvalue weighted by Crippen LogP contribution is -2.17. The topological polar surface area (TPSA) is 12.0 Å². The van der Waals surface area contributed by atoms with Crippen LogP contribution in [0.15, 0.2) is 18.2 Å². The zero-order chi connectivity index (χ0) is 14.1. The van der Waals surface area contributed by atoms with Gasteiger partial charge in [0.05, 0.1) is 11.1 Å². The lowest BCUT2D eigenvalue weighted by Gasteiger charge is -2.17.